The van der Waals surface area contributed by atoms with E-state index in [1.54, 1.807) is 0 Å². The van der Waals surface area contributed by atoms with Gasteiger partial charge in [-0.3, -0.25) is 8.37 Å². The Morgan fingerprint density at radius 3 is 1.95 bits per heavy atom. The summed E-state index contributed by atoms with van der Waals surface area (Å²) in [7, 11) is -9.84. The van der Waals surface area contributed by atoms with Crippen molar-refractivity contribution in [1.82, 2.24) is 0 Å². The van der Waals surface area contributed by atoms with Crippen LogP contribution in [-0.4, -0.2) is 38.1 Å². The minimum atomic E-state index is -4.96. The van der Waals surface area contributed by atoms with Gasteiger partial charge < -0.3 is 9.11 Å². The number of fused-ring (bicyclic) bond motifs is 5. The van der Waals surface area contributed by atoms with Crippen LogP contribution >= 0.6 is 0 Å². The van der Waals surface area contributed by atoms with E-state index in [2.05, 4.69) is 53.7 Å². The molecule has 0 N–H and O–H groups in total. The van der Waals surface area contributed by atoms with Crippen molar-refractivity contribution in [2.45, 2.75) is 112 Å². The summed E-state index contributed by atoms with van der Waals surface area (Å²) in [6, 6.07) is 0. The zero-order chi connectivity index (χ0) is 29.0. The van der Waals surface area contributed by atoms with Crippen LogP contribution in [0.2, 0.25) is 0 Å². The van der Waals surface area contributed by atoms with Crippen LogP contribution in [0.25, 0.3) is 0 Å². The maximum atomic E-state index is 11.8. The molecule has 0 aliphatic heterocycles. The zero-order valence-electron chi connectivity index (χ0n) is 26.4. The first kappa shape index (κ1) is 38.7. The van der Waals surface area contributed by atoms with Crippen molar-refractivity contribution < 1.29 is 93.4 Å². The van der Waals surface area contributed by atoms with Crippen LogP contribution in [0.15, 0.2) is 12.2 Å². The fourth-order valence-electron chi connectivity index (χ4n) is 9.93. The molecule has 0 amide bonds. The van der Waals surface area contributed by atoms with Crippen LogP contribution in [0.1, 0.15) is 99.3 Å². The van der Waals surface area contributed by atoms with Gasteiger partial charge in [0.05, 0.1) is 12.2 Å². The normalized spacial score (nSPS) is 40.6. The second-order valence-electron chi connectivity index (χ2n) is 14.0. The smallest absolute Gasteiger partial charge is 0.726 e. The van der Waals surface area contributed by atoms with Crippen molar-refractivity contribution in [3.8, 4) is 0 Å². The number of hydrogen-bond donors (Lipinski definition) is 0. The average molecular weight is 635 g/mol. The Hall–Kier alpha value is 1.48. The molecule has 0 heterocycles. The van der Waals surface area contributed by atoms with E-state index in [0.29, 0.717) is 54.8 Å². The van der Waals surface area contributed by atoms with Crippen molar-refractivity contribution in [2.24, 2.45) is 58.2 Å². The average Bonchev–Trinajstić information content (AvgIpc) is 3.15. The molecule has 41 heavy (non-hydrogen) atoms. The molecule has 0 aromatic carbocycles. The molecule has 12 heteroatoms. The Kier molecular flexibility index (Phi) is 13.7. The predicted octanol–water partition coefficient (Wildman–Crippen LogP) is -0.171. The second-order valence-corrected chi connectivity index (χ2v) is 16.0. The molecular formula is C29H48Na2O8S2. The van der Waals surface area contributed by atoms with Gasteiger partial charge in [-0.2, -0.15) is 0 Å². The summed E-state index contributed by atoms with van der Waals surface area (Å²) < 4.78 is 79.4. The first-order chi connectivity index (χ1) is 18.0. The third-order valence-electron chi connectivity index (χ3n) is 11.8. The van der Waals surface area contributed by atoms with Crippen molar-refractivity contribution in [1.29, 1.82) is 0 Å². The zero-order valence-corrected chi connectivity index (χ0v) is 32.0. The van der Waals surface area contributed by atoms with Gasteiger partial charge >= 0.3 is 59.1 Å². The third-order valence-corrected chi connectivity index (χ3v) is 12.8. The van der Waals surface area contributed by atoms with Gasteiger partial charge in [-0.15, -0.1) is 0 Å². The van der Waals surface area contributed by atoms with Crippen molar-refractivity contribution in [3.63, 3.8) is 0 Å². The molecule has 4 saturated carbocycles. The monoisotopic (exact) mass is 634 g/mol. The van der Waals surface area contributed by atoms with Crippen LogP contribution in [0.3, 0.4) is 0 Å². The Balaban J connectivity index is 0.00000294. The Bertz CT molecular complexity index is 1130. The second kappa shape index (κ2) is 14.5. The summed E-state index contributed by atoms with van der Waals surface area (Å²) in [5.41, 5.74) is -0.188. The van der Waals surface area contributed by atoms with Gasteiger partial charge in [-0.05, 0) is 116 Å². The third kappa shape index (κ3) is 8.45. The Morgan fingerprint density at radius 1 is 0.805 bits per heavy atom. The van der Waals surface area contributed by atoms with Gasteiger partial charge in [-0.25, -0.2) is 16.8 Å². The van der Waals surface area contributed by atoms with Gasteiger partial charge in [-0.1, -0.05) is 53.7 Å². The number of hydrogen-bond acceptors (Lipinski definition) is 8. The molecule has 0 saturated heterocycles. The maximum Gasteiger partial charge on any atom is 1.00 e. The maximum absolute atomic E-state index is 11.8. The summed E-state index contributed by atoms with van der Waals surface area (Å²) in [5.74, 6) is 2.79. The SMILES string of the molecule is CC[C@H](/C=C/[C@@H](C)[C@H]1CC[C@H]2[C@@H]3C[C@@H](OS(=O)(=O)[O-])[C@H]4C[C@@H](OS(=O)(=O)[O-])CC[C@]4(C)[C@H]3CC[C@]12C)C(C)C.[Na+].[Na+]. The Morgan fingerprint density at radius 2 is 1.39 bits per heavy atom. The molecular weight excluding hydrogens is 586 g/mol. The summed E-state index contributed by atoms with van der Waals surface area (Å²) in [6.45, 7) is 13.7. The molecule has 0 aromatic rings. The number of rotatable bonds is 9. The van der Waals surface area contributed by atoms with E-state index < -0.39 is 33.0 Å². The Labute approximate surface area is 293 Å². The topological polar surface area (TPSA) is 133 Å². The van der Waals surface area contributed by atoms with Crippen LogP contribution in [0.5, 0.6) is 0 Å². The molecule has 0 aromatic heterocycles. The number of allylic oxidation sites excluding steroid dienone is 2. The summed E-state index contributed by atoms with van der Waals surface area (Å²) >= 11 is 0. The van der Waals surface area contributed by atoms with E-state index in [1.807, 2.05) is 0 Å². The van der Waals surface area contributed by atoms with E-state index in [-0.39, 0.29) is 88.2 Å². The van der Waals surface area contributed by atoms with Crippen LogP contribution < -0.4 is 59.1 Å². The van der Waals surface area contributed by atoms with E-state index in [0.717, 1.165) is 32.1 Å². The summed E-state index contributed by atoms with van der Waals surface area (Å²) in [6.07, 6.45) is 10.3. The molecule has 0 bridgehead atoms. The molecule has 0 unspecified atom stereocenters. The molecule has 11 atom stereocenters. The van der Waals surface area contributed by atoms with Gasteiger partial charge in [0.15, 0.2) is 0 Å². The quantitative estimate of drug-likeness (QED) is 0.148. The molecule has 226 valence electrons. The predicted molar refractivity (Wildman–Crippen MR) is 147 cm³/mol. The van der Waals surface area contributed by atoms with E-state index in [9.17, 15) is 25.9 Å². The summed E-state index contributed by atoms with van der Waals surface area (Å²) in [4.78, 5) is 0. The molecule has 4 fully saturated rings. The molecule has 4 rings (SSSR count). The molecule has 4 aliphatic rings. The van der Waals surface area contributed by atoms with Gasteiger partial charge in [0, 0.05) is 0 Å². The molecule has 0 radical (unpaired) electrons. The van der Waals surface area contributed by atoms with Crippen molar-refractivity contribution >= 4 is 20.8 Å². The molecule has 8 nitrogen and oxygen atoms in total. The minimum absolute atomic E-state index is 0. The van der Waals surface area contributed by atoms with Gasteiger partial charge in [0.2, 0.25) is 20.8 Å². The van der Waals surface area contributed by atoms with E-state index >= 15 is 0 Å². The standard InChI is InChI=1S/C29H50O8S2.2Na/c1-7-20(18(2)3)9-8-19(4)23-10-11-24-22-17-27(37-39(33,34)35)26-16-21(36-38(30,31)32)12-14-29(26,6)25(22)13-15-28(23,24)5;;/h8-9,18-27H,7,10-17H2,1-6H3,(H,30,31,32)(H,33,34,35);;/q;2*+1/p-2/b9-8+;;/t19-,20-,21+,22+,23-,24+,25+,26-,27-,28-,29-;;/m1../s1. The molecule has 4 aliphatic carbocycles. The van der Waals surface area contributed by atoms with Crippen LogP contribution in [0, 0.1) is 58.2 Å². The van der Waals surface area contributed by atoms with Crippen LogP contribution in [-0.2, 0) is 29.2 Å². The fourth-order valence-corrected chi connectivity index (χ4v) is 11.0. The van der Waals surface area contributed by atoms with Crippen molar-refractivity contribution in [3.05, 3.63) is 12.2 Å². The van der Waals surface area contributed by atoms with Gasteiger partial charge in [0.25, 0.3) is 0 Å². The first-order valence-electron chi connectivity index (χ1n) is 14.9. The van der Waals surface area contributed by atoms with Gasteiger partial charge in [0.1, 0.15) is 0 Å². The molecule has 0 spiro atoms. The van der Waals surface area contributed by atoms with Crippen LogP contribution in [0.4, 0.5) is 0 Å². The van der Waals surface area contributed by atoms with E-state index in [1.165, 1.54) is 0 Å². The fraction of sp³-hybridized carbons (Fsp3) is 0.931. The largest absolute Gasteiger partial charge is 1.00 e. The first-order valence-corrected chi connectivity index (χ1v) is 17.6. The van der Waals surface area contributed by atoms with Crippen molar-refractivity contribution in [2.75, 3.05) is 0 Å². The minimum Gasteiger partial charge on any atom is -0.726 e. The van der Waals surface area contributed by atoms with E-state index in [4.69, 9.17) is 8.37 Å². The summed E-state index contributed by atoms with van der Waals surface area (Å²) in [5, 5.41) is 0.